The molecule has 23 nitrogen and oxygen atoms in total. The Morgan fingerprint density at radius 1 is 1.04 bits per heavy atom. The molecule has 3 aromatic rings. The molecule has 5 heterocycles. The lowest BCUT2D eigenvalue weighted by Crippen LogP contribution is -2.46. The summed E-state index contributed by atoms with van der Waals surface area (Å²) in [7, 11) is -16.5. The SMILES string of the molecule is NC(=S)c1ccc[n+](C2OC(COP(=O)([O-])OP(=O)(O)OCC3OC(n4cnc5c(N)ncnc54)C(OP(=O)(O)O)C3O)C(O)C2O)c1. The first kappa shape index (κ1) is 36.8. The van der Waals surface area contributed by atoms with Gasteiger partial charge in [0, 0.05) is 6.07 Å². The van der Waals surface area contributed by atoms with Crippen LogP contribution in [0.5, 0.6) is 0 Å². The van der Waals surface area contributed by atoms with E-state index >= 15 is 0 Å². The third-order valence-electron chi connectivity index (χ3n) is 6.97. The number of nitrogen functional groups attached to an aromatic ring is 1. The zero-order valence-electron chi connectivity index (χ0n) is 23.9. The number of hydrogen-bond donors (Lipinski definition) is 8. The van der Waals surface area contributed by atoms with Crippen molar-refractivity contribution in [2.45, 2.75) is 49.1 Å². The van der Waals surface area contributed by atoms with Crippen molar-refractivity contribution in [3.05, 3.63) is 42.7 Å². The van der Waals surface area contributed by atoms with Crippen molar-refractivity contribution in [2.75, 3.05) is 18.9 Å². The van der Waals surface area contributed by atoms with Gasteiger partial charge in [-0.15, -0.1) is 0 Å². The number of fused-ring (bicyclic) bond motifs is 1. The van der Waals surface area contributed by atoms with Crippen LogP contribution < -0.4 is 20.9 Å². The topological polar surface area (TPSA) is 351 Å². The maximum absolute atomic E-state index is 12.5. The summed E-state index contributed by atoms with van der Waals surface area (Å²) in [6.07, 6.45) is -7.97. The number of imidazole rings is 1. The average molecular weight is 759 g/mol. The van der Waals surface area contributed by atoms with E-state index in [0.29, 0.717) is 5.56 Å². The van der Waals surface area contributed by atoms with E-state index in [-0.39, 0.29) is 22.0 Å². The quantitative estimate of drug-likeness (QED) is 0.0489. The summed E-state index contributed by atoms with van der Waals surface area (Å²) in [4.78, 5) is 53.0. The minimum atomic E-state index is -5.70. The number of nitrogens with zero attached hydrogens (tertiary/aromatic N) is 5. The van der Waals surface area contributed by atoms with Crippen molar-refractivity contribution in [2.24, 2.45) is 5.73 Å². The molecule has 2 aliphatic heterocycles. The summed E-state index contributed by atoms with van der Waals surface area (Å²) in [5, 5.41) is 31.6. The molecule has 0 bridgehead atoms. The van der Waals surface area contributed by atoms with Gasteiger partial charge in [0.1, 0.15) is 47.4 Å². The second kappa shape index (κ2) is 14.1. The number of anilines is 1. The van der Waals surface area contributed by atoms with Gasteiger partial charge in [-0.1, -0.05) is 12.2 Å². The molecular formula is C21H28N7O16P3S. The van der Waals surface area contributed by atoms with Crippen molar-refractivity contribution in [3.8, 4) is 0 Å². The Labute approximate surface area is 274 Å². The van der Waals surface area contributed by atoms with Gasteiger partial charge >= 0.3 is 15.6 Å². The van der Waals surface area contributed by atoms with E-state index in [2.05, 4.69) is 28.3 Å². The van der Waals surface area contributed by atoms with Crippen LogP contribution in [-0.4, -0.2) is 104 Å². The van der Waals surface area contributed by atoms with E-state index in [1.165, 1.54) is 23.0 Å². The van der Waals surface area contributed by atoms with Crippen molar-refractivity contribution >= 4 is 57.7 Å². The Bertz CT molecular complexity index is 1820. The van der Waals surface area contributed by atoms with Crippen molar-refractivity contribution in [1.82, 2.24) is 19.5 Å². The zero-order valence-corrected chi connectivity index (χ0v) is 27.4. The van der Waals surface area contributed by atoms with E-state index in [4.69, 9.17) is 37.7 Å². The van der Waals surface area contributed by atoms with E-state index in [9.17, 15) is 48.6 Å². The third kappa shape index (κ3) is 8.29. The summed E-state index contributed by atoms with van der Waals surface area (Å²) in [5.74, 6) is -0.0569. The first-order valence-corrected chi connectivity index (χ1v) is 18.2. The van der Waals surface area contributed by atoms with Gasteiger partial charge in [0.15, 0.2) is 36.2 Å². The molecule has 0 spiro atoms. The van der Waals surface area contributed by atoms with Gasteiger partial charge in [-0.2, -0.15) is 4.57 Å². The van der Waals surface area contributed by atoms with E-state index in [1.54, 1.807) is 6.07 Å². The molecule has 10 N–H and O–H groups in total. The molecule has 0 amide bonds. The Balaban J connectivity index is 1.21. The van der Waals surface area contributed by atoms with Gasteiger partial charge in [-0.05, 0) is 6.07 Å². The molecule has 2 aliphatic rings. The number of aliphatic hydroxyl groups excluding tert-OH is 3. The monoisotopic (exact) mass is 759 g/mol. The summed E-state index contributed by atoms with van der Waals surface area (Å²) in [6.45, 7) is -2.07. The summed E-state index contributed by atoms with van der Waals surface area (Å²) < 4.78 is 68.2. The highest BCUT2D eigenvalue weighted by atomic mass is 32.1. The second-order valence-electron chi connectivity index (χ2n) is 10.2. The average Bonchev–Trinajstić information content (AvgIpc) is 3.64. The number of rotatable bonds is 13. The van der Waals surface area contributed by atoms with Gasteiger partial charge in [0.2, 0.25) is 0 Å². The Hall–Kier alpha value is -2.44. The second-order valence-corrected chi connectivity index (χ2v) is 14.9. The minimum absolute atomic E-state index is 0.00293. The lowest BCUT2D eigenvalue weighted by Gasteiger charge is -2.26. The highest BCUT2D eigenvalue weighted by Gasteiger charge is 2.51. The van der Waals surface area contributed by atoms with Crippen LogP contribution in [0, 0.1) is 0 Å². The fourth-order valence-corrected chi connectivity index (χ4v) is 7.54. The largest absolute Gasteiger partial charge is 0.756 e. The summed E-state index contributed by atoms with van der Waals surface area (Å²) in [6, 6.07) is 3.11. The molecule has 0 saturated carbocycles. The molecule has 0 aliphatic carbocycles. The predicted octanol–water partition coefficient (Wildman–Crippen LogP) is -3.00. The number of ether oxygens (including phenoxy) is 2. The molecule has 5 rings (SSSR count). The number of aromatic nitrogens is 5. The maximum atomic E-state index is 12.5. The highest BCUT2D eigenvalue weighted by molar-refractivity contribution is 7.80. The summed E-state index contributed by atoms with van der Waals surface area (Å²) >= 11 is 4.91. The van der Waals surface area contributed by atoms with Gasteiger partial charge in [0.05, 0.1) is 25.1 Å². The smallest absolute Gasteiger partial charge is 0.478 e. The van der Waals surface area contributed by atoms with E-state index in [1.807, 2.05) is 0 Å². The van der Waals surface area contributed by atoms with Crippen LogP contribution in [0.4, 0.5) is 5.82 Å². The van der Waals surface area contributed by atoms with Crippen LogP contribution in [0.2, 0.25) is 0 Å². The van der Waals surface area contributed by atoms with Crippen LogP contribution in [0.15, 0.2) is 37.2 Å². The number of thiocarbonyl (C=S) groups is 1. The normalized spacial score (nSPS) is 30.3. The minimum Gasteiger partial charge on any atom is -0.756 e. The van der Waals surface area contributed by atoms with Gasteiger partial charge in [-0.25, -0.2) is 28.4 Å². The molecule has 264 valence electrons. The third-order valence-corrected chi connectivity index (χ3v) is 10.3. The van der Waals surface area contributed by atoms with Gasteiger partial charge in [-0.3, -0.25) is 18.2 Å². The maximum Gasteiger partial charge on any atom is 0.478 e. The van der Waals surface area contributed by atoms with Gasteiger partial charge < -0.3 is 60.4 Å². The standard InChI is InChI=1S/C21H28N7O16P3S/c22-17-12-19(25-7-24-17)28(8-26-12)21-16(43-45(32,33)34)14(30)11(42-21)6-40-47(37,38)44-46(35,36)39-5-10-13(29)15(31)20(41-10)27-3-1-2-9(4-27)18(23)48/h1-4,7-8,10-11,13-16,20-21,29-31H,5-6H2,(H7-,22,23,24,25,32,33,34,35,36,37,38,48). The highest BCUT2D eigenvalue weighted by Crippen LogP contribution is 2.58. The first-order chi connectivity index (χ1) is 22.4. The van der Waals surface area contributed by atoms with Crippen molar-refractivity contribution in [3.63, 3.8) is 0 Å². The zero-order chi connectivity index (χ0) is 35.2. The van der Waals surface area contributed by atoms with Crippen LogP contribution >= 0.6 is 35.7 Å². The van der Waals surface area contributed by atoms with Crippen molar-refractivity contribution in [1.29, 1.82) is 0 Å². The molecule has 27 heteroatoms. The molecule has 0 radical (unpaired) electrons. The molecule has 2 fully saturated rings. The number of aliphatic hydroxyl groups is 3. The Morgan fingerprint density at radius 3 is 2.42 bits per heavy atom. The molecule has 48 heavy (non-hydrogen) atoms. The lowest BCUT2D eigenvalue weighted by molar-refractivity contribution is -0.765. The Kier molecular flexibility index (Phi) is 10.8. The molecule has 0 aromatic carbocycles. The van der Waals surface area contributed by atoms with Crippen LogP contribution in [0.1, 0.15) is 18.0 Å². The molecular weight excluding hydrogens is 731 g/mol. The number of pyridine rings is 1. The van der Waals surface area contributed by atoms with Crippen molar-refractivity contribution < 1.29 is 80.5 Å². The van der Waals surface area contributed by atoms with Crippen LogP contribution in [0.3, 0.4) is 0 Å². The fourth-order valence-electron chi connectivity index (χ4n) is 4.82. The molecule has 10 atom stereocenters. The number of phosphoric ester groups is 3. The fraction of sp³-hybridized carbons (Fsp3) is 0.476. The molecule has 10 unspecified atom stereocenters. The number of phosphoric acid groups is 3. The number of hydrogen-bond acceptors (Lipinski definition) is 18. The van der Waals surface area contributed by atoms with E-state index < -0.39 is 85.8 Å². The Morgan fingerprint density at radius 2 is 1.73 bits per heavy atom. The van der Waals surface area contributed by atoms with Crippen LogP contribution in [-0.2, 0) is 41.1 Å². The lowest BCUT2D eigenvalue weighted by atomic mass is 10.1. The molecule has 3 aromatic heterocycles. The molecule has 2 saturated heterocycles. The first-order valence-electron chi connectivity index (χ1n) is 13.3. The van der Waals surface area contributed by atoms with Gasteiger partial charge in [0.25, 0.3) is 14.1 Å². The number of nitrogens with two attached hydrogens (primary N) is 2. The predicted molar refractivity (Wildman–Crippen MR) is 155 cm³/mol. The summed E-state index contributed by atoms with van der Waals surface area (Å²) in [5.41, 5.74) is 11.8. The van der Waals surface area contributed by atoms with E-state index in [0.717, 1.165) is 17.2 Å². The van der Waals surface area contributed by atoms with Crippen LogP contribution in [0.25, 0.3) is 11.2 Å².